The van der Waals surface area contributed by atoms with E-state index >= 15 is 0 Å². The number of rotatable bonds is 3. The zero-order valence-corrected chi connectivity index (χ0v) is 15.8. The highest BCUT2D eigenvalue weighted by Crippen LogP contribution is 2.40. The number of nitrogens with one attached hydrogen (secondary N) is 1. The predicted molar refractivity (Wildman–Crippen MR) is 96.9 cm³/mol. The van der Waals surface area contributed by atoms with Gasteiger partial charge in [0, 0.05) is 19.3 Å². The fourth-order valence-corrected chi connectivity index (χ4v) is 4.20. The molecule has 1 saturated heterocycles. The number of ether oxygens (including phenoxy) is 1. The molecular formula is C17H22N6O2S. The molecule has 0 aromatic carbocycles. The van der Waals surface area contributed by atoms with Crippen molar-refractivity contribution in [1.29, 1.82) is 0 Å². The van der Waals surface area contributed by atoms with Crippen molar-refractivity contribution in [3.05, 3.63) is 28.8 Å². The summed E-state index contributed by atoms with van der Waals surface area (Å²) in [5, 5.41) is 11.0. The molecule has 0 radical (unpaired) electrons. The molecule has 1 spiro atoms. The maximum atomic E-state index is 12.5. The molecular weight excluding hydrogens is 352 g/mol. The van der Waals surface area contributed by atoms with Crippen molar-refractivity contribution in [2.24, 2.45) is 0 Å². The SMILES string of the molecule is Cc1ncc2c(n1)C1(CCN(C(C)C(=O)Nc3nncs3)CC1)OCC2. The molecule has 1 amide bonds. The summed E-state index contributed by atoms with van der Waals surface area (Å²) < 4.78 is 6.23. The number of carbonyl (C=O) groups excluding carboxylic acids is 1. The summed E-state index contributed by atoms with van der Waals surface area (Å²) in [5.41, 5.74) is 3.50. The summed E-state index contributed by atoms with van der Waals surface area (Å²) >= 11 is 1.32. The molecule has 4 heterocycles. The molecule has 138 valence electrons. The minimum absolute atomic E-state index is 0.0548. The van der Waals surface area contributed by atoms with Crippen molar-refractivity contribution in [2.45, 2.75) is 44.8 Å². The van der Waals surface area contributed by atoms with Gasteiger partial charge in [0.1, 0.15) is 16.9 Å². The summed E-state index contributed by atoms with van der Waals surface area (Å²) in [6.45, 7) is 6.11. The van der Waals surface area contributed by atoms with Crippen molar-refractivity contribution in [3.63, 3.8) is 0 Å². The number of aromatic nitrogens is 4. The summed E-state index contributed by atoms with van der Waals surface area (Å²) in [5.74, 6) is 0.724. The molecule has 1 unspecified atom stereocenters. The summed E-state index contributed by atoms with van der Waals surface area (Å²) in [6.07, 6.45) is 4.45. The van der Waals surface area contributed by atoms with Crippen LogP contribution in [0.15, 0.2) is 11.7 Å². The van der Waals surface area contributed by atoms with Gasteiger partial charge >= 0.3 is 0 Å². The second kappa shape index (κ2) is 6.98. The smallest absolute Gasteiger partial charge is 0.243 e. The van der Waals surface area contributed by atoms with Gasteiger partial charge in [-0.05, 0) is 38.7 Å². The lowest BCUT2D eigenvalue weighted by Gasteiger charge is -2.45. The van der Waals surface area contributed by atoms with E-state index in [4.69, 9.17) is 9.72 Å². The van der Waals surface area contributed by atoms with Gasteiger partial charge in [0.2, 0.25) is 11.0 Å². The Morgan fingerprint density at radius 3 is 2.96 bits per heavy atom. The van der Waals surface area contributed by atoms with Gasteiger partial charge in [-0.2, -0.15) is 0 Å². The average molecular weight is 374 g/mol. The first-order valence-corrected chi connectivity index (χ1v) is 9.73. The van der Waals surface area contributed by atoms with Crippen LogP contribution in [0, 0.1) is 6.92 Å². The molecule has 2 aromatic rings. The van der Waals surface area contributed by atoms with E-state index in [0.29, 0.717) is 11.7 Å². The molecule has 2 aliphatic rings. The summed E-state index contributed by atoms with van der Waals surface area (Å²) in [4.78, 5) is 23.7. The van der Waals surface area contributed by atoms with Gasteiger partial charge in [-0.1, -0.05) is 11.3 Å². The zero-order valence-electron chi connectivity index (χ0n) is 14.9. The molecule has 26 heavy (non-hydrogen) atoms. The first kappa shape index (κ1) is 17.4. The number of hydrogen-bond acceptors (Lipinski definition) is 8. The Morgan fingerprint density at radius 2 is 2.23 bits per heavy atom. The van der Waals surface area contributed by atoms with Crippen molar-refractivity contribution >= 4 is 22.4 Å². The van der Waals surface area contributed by atoms with Crippen LogP contribution in [0.3, 0.4) is 0 Å². The van der Waals surface area contributed by atoms with Gasteiger partial charge in [0.25, 0.3) is 0 Å². The van der Waals surface area contributed by atoms with Crippen LogP contribution in [0.5, 0.6) is 0 Å². The first-order chi connectivity index (χ1) is 12.6. The van der Waals surface area contributed by atoms with Crippen LogP contribution in [0.2, 0.25) is 0 Å². The number of carbonyl (C=O) groups is 1. The van der Waals surface area contributed by atoms with Crippen LogP contribution in [0.25, 0.3) is 0 Å². The third kappa shape index (κ3) is 3.22. The Labute approximate surface area is 156 Å². The number of piperidine rings is 1. The van der Waals surface area contributed by atoms with Gasteiger partial charge in [-0.25, -0.2) is 9.97 Å². The Bertz CT molecular complexity index is 789. The third-order valence-electron chi connectivity index (χ3n) is 5.29. The maximum Gasteiger partial charge on any atom is 0.243 e. The third-order valence-corrected chi connectivity index (χ3v) is 5.90. The predicted octanol–water partition coefficient (Wildman–Crippen LogP) is 1.53. The van der Waals surface area contributed by atoms with Gasteiger partial charge in [0.05, 0.1) is 18.3 Å². The quantitative estimate of drug-likeness (QED) is 0.871. The normalized spacial score (nSPS) is 20.5. The van der Waals surface area contributed by atoms with E-state index in [9.17, 15) is 4.79 Å². The van der Waals surface area contributed by atoms with Gasteiger partial charge < -0.3 is 4.74 Å². The number of nitrogens with zero attached hydrogens (tertiary/aromatic N) is 5. The molecule has 4 rings (SSSR count). The van der Waals surface area contributed by atoms with Crippen LogP contribution < -0.4 is 5.32 Å². The monoisotopic (exact) mass is 374 g/mol. The Balaban J connectivity index is 1.44. The van der Waals surface area contributed by atoms with Crippen LogP contribution in [0.4, 0.5) is 5.13 Å². The molecule has 2 aromatic heterocycles. The lowest BCUT2D eigenvalue weighted by molar-refractivity contribution is -0.127. The lowest BCUT2D eigenvalue weighted by Crippen LogP contribution is -2.52. The Kier molecular flexibility index (Phi) is 4.68. The fraction of sp³-hybridized carbons (Fsp3) is 0.588. The second-order valence-corrected chi connectivity index (χ2v) is 7.66. The number of amides is 1. The number of fused-ring (bicyclic) bond motifs is 2. The molecule has 0 aliphatic carbocycles. The van der Waals surface area contributed by atoms with Crippen LogP contribution >= 0.6 is 11.3 Å². The van der Waals surface area contributed by atoms with Gasteiger partial charge in [-0.3, -0.25) is 15.0 Å². The highest BCUT2D eigenvalue weighted by molar-refractivity contribution is 7.13. The van der Waals surface area contributed by atoms with E-state index in [-0.39, 0.29) is 17.6 Å². The standard InChI is InChI=1S/C17H22N6O2S/c1-11(15(24)21-16-22-19-10-26-16)23-6-4-17(5-7-23)14-13(3-8-25-17)9-18-12(2)20-14/h9-11H,3-8H2,1-2H3,(H,21,22,24). The average Bonchev–Trinajstić information content (AvgIpc) is 3.16. The number of aryl methyl sites for hydroxylation is 1. The Morgan fingerprint density at radius 1 is 1.42 bits per heavy atom. The van der Waals surface area contributed by atoms with E-state index in [0.717, 1.165) is 43.9 Å². The van der Waals surface area contributed by atoms with Crippen LogP contribution in [-0.2, 0) is 21.6 Å². The number of hydrogen-bond donors (Lipinski definition) is 1. The highest BCUT2D eigenvalue weighted by Gasteiger charge is 2.43. The van der Waals surface area contributed by atoms with E-state index in [1.54, 1.807) is 5.51 Å². The first-order valence-electron chi connectivity index (χ1n) is 8.85. The van der Waals surface area contributed by atoms with E-state index < -0.39 is 0 Å². The van der Waals surface area contributed by atoms with Crippen molar-refractivity contribution in [2.75, 3.05) is 25.0 Å². The molecule has 1 N–H and O–H groups in total. The molecule has 0 saturated carbocycles. The summed E-state index contributed by atoms with van der Waals surface area (Å²) in [7, 11) is 0. The minimum Gasteiger partial charge on any atom is -0.368 e. The molecule has 8 nitrogen and oxygen atoms in total. The maximum absolute atomic E-state index is 12.5. The Hall–Kier alpha value is -1.97. The van der Waals surface area contributed by atoms with Crippen molar-refractivity contribution in [3.8, 4) is 0 Å². The minimum atomic E-state index is -0.340. The molecule has 9 heteroatoms. The largest absolute Gasteiger partial charge is 0.368 e. The topological polar surface area (TPSA) is 93.1 Å². The highest BCUT2D eigenvalue weighted by atomic mass is 32.1. The van der Waals surface area contributed by atoms with Crippen molar-refractivity contribution < 1.29 is 9.53 Å². The van der Waals surface area contributed by atoms with Gasteiger partial charge in [0.15, 0.2) is 0 Å². The van der Waals surface area contributed by atoms with Gasteiger partial charge in [-0.15, -0.1) is 10.2 Å². The van der Waals surface area contributed by atoms with Crippen molar-refractivity contribution in [1.82, 2.24) is 25.1 Å². The second-order valence-electron chi connectivity index (χ2n) is 6.83. The molecule has 1 fully saturated rings. The summed E-state index contributed by atoms with van der Waals surface area (Å²) in [6, 6.07) is -0.230. The van der Waals surface area contributed by atoms with Crippen LogP contribution in [-0.4, -0.2) is 56.7 Å². The number of anilines is 1. The zero-order chi connectivity index (χ0) is 18.1. The molecule has 0 bridgehead atoms. The lowest BCUT2D eigenvalue weighted by atomic mass is 9.83. The van der Waals surface area contributed by atoms with E-state index in [1.165, 1.54) is 16.9 Å². The molecule has 1 atom stereocenters. The van der Waals surface area contributed by atoms with E-state index in [2.05, 4.69) is 25.4 Å². The fourth-order valence-electron chi connectivity index (χ4n) is 3.75. The van der Waals surface area contributed by atoms with E-state index in [1.807, 2.05) is 20.0 Å². The molecule has 2 aliphatic heterocycles. The number of likely N-dealkylation sites (tertiary alicyclic amines) is 1. The van der Waals surface area contributed by atoms with Crippen LogP contribution in [0.1, 0.15) is 36.8 Å².